The molecule has 1 atom stereocenters. The van der Waals surface area contributed by atoms with Crippen molar-refractivity contribution in [1.29, 1.82) is 0 Å². The minimum absolute atomic E-state index is 0.0614. The van der Waals surface area contributed by atoms with Crippen LogP contribution < -0.4 is 0 Å². The third-order valence-electron chi connectivity index (χ3n) is 5.55. The van der Waals surface area contributed by atoms with E-state index in [-0.39, 0.29) is 17.7 Å². The molecule has 0 saturated carbocycles. The predicted molar refractivity (Wildman–Crippen MR) is 124 cm³/mol. The third kappa shape index (κ3) is 4.91. The molecule has 158 valence electrons. The van der Waals surface area contributed by atoms with Crippen molar-refractivity contribution in [2.75, 3.05) is 26.2 Å². The number of hydrogen-bond donors (Lipinski definition) is 0. The third-order valence-corrected chi connectivity index (χ3v) is 6.47. The van der Waals surface area contributed by atoms with Crippen molar-refractivity contribution in [3.05, 3.63) is 90.1 Å². The molecule has 3 aromatic rings. The maximum Gasteiger partial charge on any atom is 0.254 e. The minimum atomic E-state index is -0.291. The predicted octanol–water partition coefficient (Wildman–Crippen LogP) is 4.14. The first-order valence-electron chi connectivity index (χ1n) is 10.4. The zero-order valence-electron chi connectivity index (χ0n) is 17.3. The van der Waals surface area contributed by atoms with Gasteiger partial charge >= 0.3 is 0 Å². The topological polar surface area (TPSA) is 53.5 Å². The van der Waals surface area contributed by atoms with Crippen LogP contribution in [-0.4, -0.2) is 52.8 Å². The van der Waals surface area contributed by atoms with Crippen LogP contribution >= 0.6 is 11.3 Å². The summed E-state index contributed by atoms with van der Waals surface area (Å²) in [6.07, 6.45) is 5.57. The van der Waals surface area contributed by atoms with E-state index in [4.69, 9.17) is 0 Å². The number of aromatic nitrogens is 1. The van der Waals surface area contributed by atoms with Crippen LogP contribution in [0.3, 0.4) is 0 Å². The molecule has 2 amide bonds. The van der Waals surface area contributed by atoms with Crippen LogP contribution in [0.2, 0.25) is 0 Å². The fourth-order valence-electron chi connectivity index (χ4n) is 3.93. The molecule has 0 N–H and O–H groups in total. The SMILES string of the molecule is C=CCN1CCN(C(=O)c2ccncc2)CC(Cc2ccc(-c3cccs3)cc2)C1=O. The highest BCUT2D eigenvalue weighted by Crippen LogP contribution is 2.26. The van der Waals surface area contributed by atoms with Gasteiger partial charge in [0.05, 0.1) is 5.92 Å². The number of thiophene rings is 1. The summed E-state index contributed by atoms with van der Waals surface area (Å²) in [5.41, 5.74) is 2.86. The molecule has 0 aliphatic carbocycles. The molecular weight excluding hydrogens is 406 g/mol. The number of nitrogens with zero attached hydrogens (tertiary/aromatic N) is 3. The van der Waals surface area contributed by atoms with E-state index in [0.717, 1.165) is 5.56 Å². The molecule has 1 aliphatic rings. The Labute approximate surface area is 186 Å². The Hall–Kier alpha value is -3.25. The molecule has 4 rings (SSSR count). The molecule has 3 heterocycles. The Bertz CT molecular complexity index is 1030. The second-order valence-corrected chi connectivity index (χ2v) is 8.58. The molecule has 2 aromatic heterocycles. The number of rotatable bonds is 6. The summed E-state index contributed by atoms with van der Waals surface area (Å²) in [7, 11) is 0. The lowest BCUT2D eigenvalue weighted by Gasteiger charge is -2.23. The molecule has 0 radical (unpaired) electrons. The highest BCUT2D eigenvalue weighted by atomic mass is 32.1. The van der Waals surface area contributed by atoms with E-state index < -0.39 is 0 Å². The first-order chi connectivity index (χ1) is 15.2. The van der Waals surface area contributed by atoms with Crippen molar-refractivity contribution >= 4 is 23.2 Å². The van der Waals surface area contributed by atoms with Gasteiger partial charge in [0.2, 0.25) is 5.91 Å². The normalized spacial score (nSPS) is 16.8. The summed E-state index contributed by atoms with van der Waals surface area (Å²) in [6.45, 7) is 5.70. The van der Waals surface area contributed by atoms with Crippen LogP contribution in [0.1, 0.15) is 15.9 Å². The molecule has 1 aromatic carbocycles. The quantitative estimate of drug-likeness (QED) is 0.551. The fourth-order valence-corrected chi connectivity index (χ4v) is 4.66. The maximum atomic E-state index is 13.2. The van der Waals surface area contributed by atoms with Gasteiger partial charge in [0.15, 0.2) is 0 Å². The molecule has 1 saturated heterocycles. The smallest absolute Gasteiger partial charge is 0.254 e. The number of pyridine rings is 1. The average molecular weight is 432 g/mol. The van der Waals surface area contributed by atoms with Crippen LogP contribution in [0.15, 0.2) is 79.0 Å². The van der Waals surface area contributed by atoms with Crippen LogP contribution in [0.5, 0.6) is 0 Å². The van der Waals surface area contributed by atoms with Gasteiger partial charge in [-0.05, 0) is 41.1 Å². The van der Waals surface area contributed by atoms with Gasteiger partial charge in [0.1, 0.15) is 0 Å². The van der Waals surface area contributed by atoms with Crippen molar-refractivity contribution in [3.8, 4) is 10.4 Å². The molecule has 6 heteroatoms. The zero-order valence-corrected chi connectivity index (χ0v) is 18.1. The summed E-state index contributed by atoms with van der Waals surface area (Å²) >= 11 is 1.71. The van der Waals surface area contributed by atoms with E-state index >= 15 is 0 Å². The van der Waals surface area contributed by atoms with Gasteiger partial charge < -0.3 is 9.80 Å². The largest absolute Gasteiger partial charge is 0.337 e. The number of benzene rings is 1. The maximum absolute atomic E-state index is 13.2. The lowest BCUT2D eigenvalue weighted by molar-refractivity contribution is -0.134. The highest BCUT2D eigenvalue weighted by Gasteiger charge is 2.32. The summed E-state index contributed by atoms with van der Waals surface area (Å²) < 4.78 is 0. The number of carbonyl (C=O) groups excluding carboxylic acids is 2. The van der Waals surface area contributed by atoms with Gasteiger partial charge in [-0.1, -0.05) is 36.4 Å². The molecule has 1 fully saturated rings. The van der Waals surface area contributed by atoms with Gasteiger partial charge in [0, 0.05) is 49.0 Å². The van der Waals surface area contributed by atoms with E-state index in [1.54, 1.807) is 51.7 Å². The minimum Gasteiger partial charge on any atom is -0.337 e. The zero-order chi connectivity index (χ0) is 21.6. The van der Waals surface area contributed by atoms with Crippen molar-refractivity contribution in [1.82, 2.24) is 14.8 Å². The van der Waals surface area contributed by atoms with E-state index in [1.807, 2.05) is 6.07 Å². The van der Waals surface area contributed by atoms with Crippen LogP contribution in [0.25, 0.3) is 10.4 Å². The molecule has 0 bridgehead atoms. The number of hydrogen-bond acceptors (Lipinski definition) is 4. The average Bonchev–Trinajstić information content (AvgIpc) is 3.30. The van der Waals surface area contributed by atoms with E-state index in [2.05, 4.69) is 47.3 Å². The van der Waals surface area contributed by atoms with Crippen molar-refractivity contribution in [2.24, 2.45) is 5.92 Å². The second kappa shape index (κ2) is 9.71. The molecule has 31 heavy (non-hydrogen) atoms. The van der Waals surface area contributed by atoms with Gasteiger partial charge in [-0.2, -0.15) is 0 Å². The lowest BCUT2D eigenvalue weighted by atomic mass is 9.96. The summed E-state index contributed by atoms with van der Waals surface area (Å²) in [4.78, 5) is 35.1. The molecule has 5 nitrogen and oxygen atoms in total. The van der Waals surface area contributed by atoms with Gasteiger partial charge in [-0.25, -0.2) is 0 Å². The van der Waals surface area contributed by atoms with Gasteiger partial charge in [-0.3, -0.25) is 14.6 Å². The fraction of sp³-hybridized carbons (Fsp3) is 0.240. The van der Waals surface area contributed by atoms with Gasteiger partial charge in [0.25, 0.3) is 5.91 Å². The number of amides is 2. The summed E-state index contributed by atoms with van der Waals surface area (Å²) in [5, 5.41) is 2.07. The monoisotopic (exact) mass is 431 g/mol. The van der Waals surface area contributed by atoms with Crippen LogP contribution in [-0.2, 0) is 11.2 Å². The van der Waals surface area contributed by atoms with Crippen molar-refractivity contribution in [2.45, 2.75) is 6.42 Å². The molecule has 1 unspecified atom stereocenters. The Kier molecular flexibility index (Phi) is 6.57. The second-order valence-electron chi connectivity index (χ2n) is 7.64. The van der Waals surface area contributed by atoms with E-state index in [0.29, 0.717) is 38.2 Å². The Balaban J connectivity index is 1.54. The molecular formula is C25H25N3O2S. The van der Waals surface area contributed by atoms with Gasteiger partial charge in [-0.15, -0.1) is 17.9 Å². The lowest BCUT2D eigenvalue weighted by Crippen LogP contribution is -2.38. The molecule has 0 spiro atoms. The first-order valence-corrected chi connectivity index (χ1v) is 11.3. The molecule has 1 aliphatic heterocycles. The van der Waals surface area contributed by atoms with Crippen molar-refractivity contribution in [3.63, 3.8) is 0 Å². The standard InChI is InChI=1S/C25H25N3O2S/c1-2-13-27-14-15-28(24(29)21-9-11-26-12-10-21)18-22(25(27)30)17-19-5-7-20(8-6-19)23-4-3-16-31-23/h2-12,16,22H,1,13-15,17-18H2. The van der Waals surface area contributed by atoms with E-state index in [1.165, 1.54) is 10.4 Å². The highest BCUT2D eigenvalue weighted by molar-refractivity contribution is 7.13. The number of carbonyl (C=O) groups is 2. The first kappa shape index (κ1) is 21.0. The summed E-state index contributed by atoms with van der Waals surface area (Å²) in [5.74, 6) is -0.276. The van der Waals surface area contributed by atoms with E-state index in [9.17, 15) is 9.59 Å². The Morgan fingerprint density at radius 1 is 1.13 bits per heavy atom. The Morgan fingerprint density at radius 3 is 2.58 bits per heavy atom. The van der Waals surface area contributed by atoms with Crippen molar-refractivity contribution < 1.29 is 9.59 Å². The summed E-state index contributed by atoms with van der Waals surface area (Å²) in [6, 6.07) is 15.9. The van der Waals surface area contributed by atoms with Crippen LogP contribution in [0, 0.1) is 5.92 Å². The Morgan fingerprint density at radius 2 is 1.90 bits per heavy atom. The van der Waals surface area contributed by atoms with Crippen LogP contribution in [0.4, 0.5) is 0 Å².